The molecule has 0 bridgehead atoms. The Morgan fingerprint density at radius 3 is 2.76 bits per heavy atom. The number of methoxy groups -OCH3 is 1. The van der Waals surface area contributed by atoms with Crippen molar-refractivity contribution >= 4 is 12.0 Å². The van der Waals surface area contributed by atoms with E-state index in [2.05, 4.69) is 16.7 Å². The fraction of sp³-hybridized carbons (Fsp3) is 0.188. The van der Waals surface area contributed by atoms with Crippen LogP contribution in [0.2, 0.25) is 0 Å². The molecule has 2 rings (SSSR count). The summed E-state index contributed by atoms with van der Waals surface area (Å²) in [6.07, 6.45) is 2.90. The van der Waals surface area contributed by atoms with E-state index in [0.29, 0.717) is 5.69 Å². The minimum atomic E-state index is -0.389. The summed E-state index contributed by atoms with van der Waals surface area (Å²) in [5.74, 6) is 0.407. The summed E-state index contributed by atoms with van der Waals surface area (Å²) in [4.78, 5) is 16.0. The van der Waals surface area contributed by atoms with E-state index in [4.69, 9.17) is 9.26 Å². The lowest BCUT2D eigenvalue weighted by atomic mass is 10.0. The van der Waals surface area contributed by atoms with Crippen LogP contribution < -0.4 is 4.74 Å². The third-order valence-electron chi connectivity index (χ3n) is 2.97. The molecule has 1 heterocycles. The molecule has 1 atom stereocenters. The summed E-state index contributed by atoms with van der Waals surface area (Å²) in [6.45, 7) is 5.21. The molecule has 1 unspecified atom stereocenters. The predicted octanol–water partition coefficient (Wildman–Crippen LogP) is 3.38. The lowest BCUT2D eigenvalue weighted by molar-refractivity contribution is 0.0927. The minimum absolute atomic E-state index is 0.173. The Bertz CT molecular complexity index is 656. The van der Waals surface area contributed by atoms with Crippen LogP contribution in [0, 0.1) is 5.92 Å². The van der Waals surface area contributed by atoms with Crippen molar-refractivity contribution in [3.63, 3.8) is 0 Å². The number of hydrogen-bond acceptors (Lipinski definition) is 5. The van der Waals surface area contributed by atoms with Crippen molar-refractivity contribution in [1.82, 2.24) is 5.16 Å². The van der Waals surface area contributed by atoms with Crippen molar-refractivity contribution in [3.8, 4) is 17.0 Å². The Kier molecular flexibility index (Phi) is 4.66. The number of aromatic nitrogens is 1. The molecule has 108 valence electrons. The predicted molar refractivity (Wildman–Crippen MR) is 80.7 cm³/mol. The molecule has 0 aliphatic carbocycles. The van der Waals surface area contributed by atoms with Gasteiger partial charge in [0.1, 0.15) is 11.4 Å². The van der Waals surface area contributed by atoms with Crippen molar-refractivity contribution in [2.75, 3.05) is 7.11 Å². The quantitative estimate of drug-likeness (QED) is 0.602. The molecule has 0 fully saturated rings. The van der Waals surface area contributed by atoms with Crippen molar-refractivity contribution < 1.29 is 14.1 Å². The smallest absolute Gasteiger partial charge is 0.208 e. The average molecular weight is 284 g/mol. The highest BCUT2D eigenvalue weighted by Gasteiger charge is 2.19. The number of ketones is 1. The maximum absolute atomic E-state index is 12.1. The minimum Gasteiger partial charge on any atom is -0.497 e. The van der Waals surface area contributed by atoms with Gasteiger partial charge in [-0.05, 0) is 31.2 Å². The fourth-order valence-corrected chi connectivity index (χ4v) is 1.77. The Balaban J connectivity index is 2.18. The molecule has 0 saturated heterocycles. The number of nitrogens with zero attached hydrogens (tertiary/aromatic N) is 2. The first-order valence-corrected chi connectivity index (χ1v) is 6.45. The van der Waals surface area contributed by atoms with Crippen LogP contribution in [-0.2, 0) is 0 Å². The van der Waals surface area contributed by atoms with Gasteiger partial charge in [-0.25, -0.2) is 0 Å². The number of hydrogen-bond donors (Lipinski definition) is 0. The molecule has 0 radical (unpaired) electrons. The van der Waals surface area contributed by atoms with Gasteiger partial charge in [-0.2, -0.15) is 0 Å². The summed E-state index contributed by atoms with van der Waals surface area (Å²) >= 11 is 0. The van der Waals surface area contributed by atoms with Crippen LogP contribution in [0.15, 0.2) is 52.6 Å². The largest absolute Gasteiger partial charge is 0.497 e. The molecule has 5 heteroatoms. The molecule has 0 aliphatic rings. The first kappa shape index (κ1) is 14.7. The van der Waals surface area contributed by atoms with Crippen molar-refractivity contribution in [2.24, 2.45) is 10.9 Å². The lowest BCUT2D eigenvalue weighted by Crippen LogP contribution is -2.11. The van der Waals surface area contributed by atoms with Crippen molar-refractivity contribution in [3.05, 3.63) is 48.9 Å². The number of benzene rings is 1. The standard InChI is InChI=1S/C16H16N2O3/c1-4-17-10-11(2)16(19)15-9-14(18-21-15)12-5-7-13(20-3)8-6-12/h4-11H,1H2,2-3H3. The van der Waals surface area contributed by atoms with E-state index in [1.54, 1.807) is 20.1 Å². The van der Waals surface area contributed by atoms with Gasteiger partial charge in [0.2, 0.25) is 11.5 Å². The van der Waals surface area contributed by atoms with Gasteiger partial charge < -0.3 is 9.26 Å². The SMILES string of the molecule is C=CN=CC(C)C(=O)c1cc(-c2ccc(OC)cc2)no1. The lowest BCUT2D eigenvalue weighted by Gasteiger charge is -2.00. The summed E-state index contributed by atoms with van der Waals surface area (Å²) < 4.78 is 10.2. The van der Waals surface area contributed by atoms with Gasteiger partial charge in [-0.15, -0.1) is 0 Å². The molecule has 0 aliphatic heterocycles. The van der Waals surface area contributed by atoms with Crippen LogP contribution in [0.4, 0.5) is 0 Å². The molecule has 1 aromatic heterocycles. The van der Waals surface area contributed by atoms with Crippen LogP contribution in [-0.4, -0.2) is 24.3 Å². The van der Waals surface area contributed by atoms with E-state index >= 15 is 0 Å². The molecule has 1 aromatic carbocycles. The zero-order valence-electron chi connectivity index (χ0n) is 11.9. The average Bonchev–Trinajstić information content (AvgIpc) is 3.01. The molecular weight excluding hydrogens is 268 g/mol. The van der Waals surface area contributed by atoms with Gasteiger partial charge in [0.25, 0.3) is 0 Å². The monoisotopic (exact) mass is 284 g/mol. The van der Waals surface area contributed by atoms with Crippen molar-refractivity contribution in [2.45, 2.75) is 6.92 Å². The maximum Gasteiger partial charge on any atom is 0.208 e. The first-order valence-electron chi connectivity index (χ1n) is 6.45. The highest BCUT2D eigenvalue weighted by molar-refractivity contribution is 6.04. The Morgan fingerprint density at radius 1 is 1.43 bits per heavy atom. The van der Waals surface area contributed by atoms with Gasteiger partial charge in [-0.3, -0.25) is 9.79 Å². The number of carbonyl (C=O) groups excluding carboxylic acids is 1. The zero-order valence-corrected chi connectivity index (χ0v) is 11.9. The van der Waals surface area contributed by atoms with Crippen LogP contribution >= 0.6 is 0 Å². The second-order valence-electron chi connectivity index (χ2n) is 4.44. The topological polar surface area (TPSA) is 64.7 Å². The van der Waals surface area contributed by atoms with Gasteiger partial charge in [0.15, 0.2) is 0 Å². The Morgan fingerprint density at radius 2 is 2.14 bits per heavy atom. The summed E-state index contributed by atoms with van der Waals surface area (Å²) in [7, 11) is 1.61. The second-order valence-corrected chi connectivity index (χ2v) is 4.44. The van der Waals surface area contributed by atoms with E-state index in [0.717, 1.165) is 11.3 Å². The third-order valence-corrected chi connectivity index (χ3v) is 2.97. The van der Waals surface area contributed by atoms with Crippen LogP contribution in [0.25, 0.3) is 11.3 Å². The highest BCUT2D eigenvalue weighted by atomic mass is 16.5. The highest BCUT2D eigenvalue weighted by Crippen LogP contribution is 2.23. The summed E-state index contributed by atoms with van der Waals surface area (Å²) in [5, 5.41) is 3.92. The van der Waals surface area contributed by atoms with Gasteiger partial charge >= 0.3 is 0 Å². The van der Waals surface area contributed by atoms with Crippen molar-refractivity contribution in [1.29, 1.82) is 0 Å². The fourth-order valence-electron chi connectivity index (χ4n) is 1.77. The van der Waals surface area contributed by atoms with Gasteiger partial charge in [-0.1, -0.05) is 11.7 Å². The number of carbonyl (C=O) groups is 1. The molecule has 0 amide bonds. The van der Waals surface area contributed by atoms with Gasteiger partial charge in [0.05, 0.1) is 13.0 Å². The molecule has 0 spiro atoms. The van der Waals surface area contributed by atoms with Crippen LogP contribution in [0.3, 0.4) is 0 Å². The normalized spacial score (nSPS) is 12.3. The summed E-state index contributed by atoms with van der Waals surface area (Å²) in [5.41, 5.74) is 1.46. The van der Waals surface area contributed by atoms with E-state index in [9.17, 15) is 4.79 Å². The molecule has 2 aromatic rings. The van der Waals surface area contributed by atoms with E-state index in [1.165, 1.54) is 12.4 Å². The zero-order chi connectivity index (χ0) is 15.2. The first-order chi connectivity index (χ1) is 10.2. The van der Waals surface area contributed by atoms with E-state index in [-0.39, 0.29) is 17.5 Å². The van der Waals surface area contributed by atoms with E-state index < -0.39 is 0 Å². The Hall–Kier alpha value is -2.69. The maximum atomic E-state index is 12.1. The molecule has 0 N–H and O–H groups in total. The molecule has 0 saturated carbocycles. The summed E-state index contributed by atoms with van der Waals surface area (Å²) in [6, 6.07) is 8.99. The number of ether oxygens (including phenoxy) is 1. The van der Waals surface area contributed by atoms with Crippen LogP contribution in [0.5, 0.6) is 5.75 Å². The molecule has 5 nitrogen and oxygen atoms in total. The molecular formula is C16H16N2O3. The third kappa shape index (κ3) is 3.45. The second kappa shape index (κ2) is 6.65. The number of rotatable bonds is 6. The van der Waals surface area contributed by atoms with Gasteiger partial charge in [0, 0.05) is 24.0 Å². The molecule has 21 heavy (non-hydrogen) atoms. The number of aliphatic imine (C=N–C) groups is 1. The number of Topliss-reactive ketones (excluding diaryl/α,β-unsaturated/α-hetero) is 1. The van der Waals surface area contributed by atoms with Crippen LogP contribution in [0.1, 0.15) is 17.5 Å². The Labute approximate surface area is 122 Å². The van der Waals surface area contributed by atoms with E-state index in [1.807, 2.05) is 24.3 Å².